The molecule has 2 heterocycles. The average molecular weight is 224 g/mol. The van der Waals surface area contributed by atoms with E-state index in [9.17, 15) is 4.79 Å². The molecule has 0 aromatic carbocycles. The number of hydrogen-bond donors (Lipinski definition) is 0. The maximum atomic E-state index is 11.1. The highest BCUT2D eigenvalue weighted by molar-refractivity contribution is 5.72. The first-order chi connectivity index (χ1) is 7.55. The van der Waals surface area contributed by atoms with Crippen LogP contribution in [-0.4, -0.2) is 13.1 Å². The second-order valence-electron chi connectivity index (χ2n) is 4.28. The quantitative estimate of drug-likeness (QED) is 0.740. The Hall–Kier alpha value is -1.29. The van der Waals surface area contributed by atoms with Gasteiger partial charge in [-0.2, -0.15) is 0 Å². The molecular formula is C12H16O4. The summed E-state index contributed by atoms with van der Waals surface area (Å²) in [4.78, 5) is 11.1. The number of carbonyl (C=O) groups is 1. The van der Waals surface area contributed by atoms with Gasteiger partial charge in [-0.1, -0.05) is 0 Å². The molecule has 1 aromatic heterocycles. The van der Waals surface area contributed by atoms with E-state index in [0.717, 1.165) is 5.76 Å². The molecule has 88 valence electrons. The molecule has 0 bridgehead atoms. The lowest BCUT2D eigenvalue weighted by atomic mass is 10.00. The monoisotopic (exact) mass is 224 g/mol. The van der Waals surface area contributed by atoms with Gasteiger partial charge in [0.2, 0.25) is 0 Å². The summed E-state index contributed by atoms with van der Waals surface area (Å²) < 4.78 is 16.1. The van der Waals surface area contributed by atoms with E-state index in [-0.39, 0.29) is 12.1 Å². The van der Waals surface area contributed by atoms with Crippen LogP contribution in [0, 0.1) is 0 Å². The van der Waals surface area contributed by atoms with Crippen LogP contribution >= 0.6 is 0 Å². The lowest BCUT2D eigenvalue weighted by molar-refractivity contribution is -0.149. The van der Waals surface area contributed by atoms with Crippen molar-refractivity contribution in [2.24, 2.45) is 0 Å². The predicted octanol–water partition coefficient (Wildman–Crippen LogP) is 2.54. The Morgan fingerprint density at radius 1 is 1.50 bits per heavy atom. The van der Waals surface area contributed by atoms with E-state index in [1.54, 1.807) is 7.11 Å². The molecule has 0 spiro atoms. The summed E-state index contributed by atoms with van der Waals surface area (Å²) in [5.74, 6) is 1.28. The fourth-order valence-corrected chi connectivity index (χ4v) is 1.84. The van der Waals surface area contributed by atoms with Gasteiger partial charge in [0, 0.05) is 20.0 Å². The Labute approximate surface area is 94.5 Å². The molecule has 1 saturated heterocycles. The first kappa shape index (κ1) is 11.2. The maximum Gasteiger partial charge on any atom is 0.306 e. The summed E-state index contributed by atoms with van der Waals surface area (Å²) in [5.41, 5.74) is -0.608. The van der Waals surface area contributed by atoms with Gasteiger partial charge in [0.15, 0.2) is 5.60 Å². The van der Waals surface area contributed by atoms with E-state index in [1.165, 1.54) is 0 Å². The number of furan rings is 1. The molecule has 16 heavy (non-hydrogen) atoms. The van der Waals surface area contributed by atoms with Gasteiger partial charge < -0.3 is 13.9 Å². The molecular weight excluding hydrogens is 208 g/mol. The normalized spacial score (nSPS) is 26.8. The third-order valence-corrected chi connectivity index (χ3v) is 3.05. The molecule has 1 aliphatic heterocycles. The lowest BCUT2D eigenvalue weighted by Crippen LogP contribution is -2.19. The molecule has 2 rings (SSSR count). The molecule has 2 unspecified atom stereocenters. The number of methoxy groups -OCH3 is 1. The number of ether oxygens (including phenoxy) is 2. The Morgan fingerprint density at radius 2 is 2.25 bits per heavy atom. The van der Waals surface area contributed by atoms with Crippen molar-refractivity contribution in [1.82, 2.24) is 0 Å². The van der Waals surface area contributed by atoms with E-state index in [0.29, 0.717) is 18.6 Å². The van der Waals surface area contributed by atoms with E-state index >= 15 is 0 Å². The summed E-state index contributed by atoms with van der Waals surface area (Å²) in [6.45, 7) is 3.78. The van der Waals surface area contributed by atoms with Gasteiger partial charge in [-0.25, -0.2) is 0 Å². The SMILES string of the molecule is COC(C)c1ccc(C2(C)CCC(=O)O2)o1. The molecule has 0 radical (unpaired) electrons. The zero-order valence-electron chi connectivity index (χ0n) is 9.78. The highest BCUT2D eigenvalue weighted by Crippen LogP contribution is 2.38. The molecule has 1 aliphatic rings. The van der Waals surface area contributed by atoms with E-state index in [4.69, 9.17) is 13.9 Å². The Balaban J connectivity index is 2.21. The Morgan fingerprint density at radius 3 is 2.81 bits per heavy atom. The second-order valence-corrected chi connectivity index (χ2v) is 4.28. The van der Waals surface area contributed by atoms with Crippen LogP contribution in [0.25, 0.3) is 0 Å². The van der Waals surface area contributed by atoms with Crippen LogP contribution in [0.1, 0.15) is 44.3 Å². The number of carbonyl (C=O) groups excluding carboxylic acids is 1. The van der Waals surface area contributed by atoms with E-state index < -0.39 is 5.60 Å². The number of rotatable bonds is 3. The van der Waals surface area contributed by atoms with Gasteiger partial charge in [-0.15, -0.1) is 0 Å². The summed E-state index contributed by atoms with van der Waals surface area (Å²) in [5, 5.41) is 0. The first-order valence-electron chi connectivity index (χ1n) is 5.40. The number of cyclic esters (lactones) is 1. The molecule has 1 fully saturated rings. The Bertz CT molecular complexity index is 395. The number of hydrogen-bond acceptors (Lipinski definition) is 4. The van der Waals surface area contributed by atoms with Gasteiger partial charge in [0.25, 0.3) is 0 Å². The third kappa shape index (κ3) is 1.85. The van der Waals surface area contributed by atoms with Crippen LogP contribution in [0.5, 0.6) is 0 Å². The van der Waals surface area contributed by atoms with Gasteiger partial charge in [-0.3, -0.25) is 4.79 Å². The fraction of sp³-hybridized carbons (Fsp3) is 0.583. The highest BCUT2D eigenvalue weighted by Gasteiger charge is 2.40. The highest BCUT2D eigenvalue weighted by atomic mass is 16.6. The average Bonchev–Trinajstić information content (AvgIpc) is 2.85. The van der Waals surface area contributed by atoms with Gasteiger partial charge in [-0.05, 0) is 26.0 Å². The standard InChI is InChI=1S/C12H16O4/c1-8(14-3)9-4-5-10(15-9)12(2)7-6-11(13)16-12/h4-5,8H,6-7H2,1-3H3. The van der Waals surface area contributed by atoms with Crippen molar-refractivity contribution in [2.45, 2.75) is 38.4 Å². The molecule has 1 aromatic rings. The second kappa shape index (κ2) is 3.94. The van der Waals surface area contributed by atoms with Crippen molar-refractivity contribution >= 4 is 5.97 Å². The van der Waals surface area contributed by atoms with Crippen LogP contribution < -0.4 is 0 Å². The first-order valence-corrected chi connectivity index (χ1v) is 5.40. The van der Waals surface area contributed by atoms with E-state index in [1.807, 2.05) is 26.0 Å². The van der Waals surface area contributed by atoms with Crippen molar-refractivity contribution in [3.05, 3.63) is 23.7 Å². The molecule has 0 N–H and O–H groups in total. The van der Waals surface area contributed by atoms with Crippen LogP contribution in [0.15, 0.2) is 16.5 Å². The number of esters is 1. The topological polar surface area (TPSA) is 48.7 Å². The summed E-state index contributed by atoms with van der Waals surface area (Å²) in [6.07, 6.45) is 1.03. The van der Waals surface area contributed by atoms with Crippen LogP contribution in [0.4, 0.5) is 0 Å². The maximum absolute atomic E-state index is 11.1. The Kier molecular flexibility index (Phi) is 2.76. The molecule has 0 amide bonds. The minimum atomic E-state index is -0.608. The molecule has 2 atom stereocenters. The van der Waals surface area contributed by atoms with Crippen LogP contribution in [0.3, 0.4) is 0 Å². The van der Waals surface area contributed by atoms with Crippen LogP contribution in [0.2, 0.25) is 0 Å². The van der Waals surface area contributed by atoms with Gasteiger partial charge in [0.05, 0.1) is 0 Å². The van der Waals surface area contributed by atoms with Crippen molar-refractivity contribution in [2.75, 3.05) is 7.11 Å². The minimum Gasteiger partial charge on any atom is -0.459 e. The summed E-state index contributed by atoms with van der Waals surface area (Å²) >= 11 is 0. The van der Waals surface area contributed by atoms with Crippen LogP contribution in [-0.2, 0) is 19.9 Å². The molecule has 0 aliphatic carbocycles. The van der Waals surface area contributed by atoms with E-state index in [2.05, 4.69) is 0 Å². The molecule has 0 saturated carbocycles. The third-order valence-electron chi connectivity index (χ3n) is 3.05. The minimum absolute atomic E-state index is 0.0885. The zero-order valence-corrected chi connectivity index (χ0v) is 9.78. The van der Waals surface area contributed by atoms with Gasteiger partial charge in [0.1, 0.15) is 17.6 Å². The molecule has 4 heteroatoms. The lowest BCUT2D eigenvalue weighted by Gasteiger charge is -2.19. The van der Waals surface area contributed by atoms with Crippen molar-refractivity contribution in [3.8, 4) is 0 Å². The van der Waals surface area contributed by atoms with Crippen molar-refractivity contribution < 1.29 is 18.7 Å². The predicted molar refractivity (Wildman–Crippen MR) is 56.8 cm³/mol. The smallest absolute Gasteiger partial charge is 0.306 e. The van der Waals surface area contributed by atoms with Gasteiger partial charge >= 0.3 is 5.97 Å². The molecule has 4 nitrogen and oxygen atoms in total. The summed E-state index contributed by atoms with van der Waals surface area (Å²) in [6, 6.07) is 3.71. The van der Waals surface area contributed by atoms with Crippen molar-refractivity contribution in [3.63, 3.8) is 0 Å². The largest absolute Gasteiger partial charge is 0.459 e. The fourth-order valence-electron chi connectivity index (χ4n) is 1.84. The summed E-state index contributed by atoms with van der Waals surface area (Å²) in [7, 11) is 1.63. The zero-order chi connectivity index (χ0) is 11.8. The van der Waals surface area contributed by atoms with Crippen molar-refractivity contribution in [1.29, 1.82) is 0 Å².